The van der Waals surface area contributed by atoms with Gasteiger partial charge in [0, 0.05) is 30.3 Å². The van der Waals surface area contributed by atoms with Gasteiger partial charge in [-0.2, -0.15) is 0 Å². The molecule has 0 unspecified atom stereocenters. The van der Waals surface area contributed by atoms with Gasteiger partial charge in [0.15, 0.2) is 5.69 Å². The first-order chi connectivity index (χ1) is 13.2. The molecule has 1 amide bonds. The molecule has 0 bridgehead atoms. The number of nitro groups is 1. The summed E-state index contributed by atoms with van der Waals surface area (Å²) in [4.78, 5) is 51.4. The fourth-order valence-corrected chi connectivity index (χ4v) is 2.87. The molecule has 0 aliphatic heterocycles. The van der Waals surface area contributed by atoms with Crippen molar-refractivity contribution in [3.63, 3.8) is 0 Å². The van der Waals surface area contributed by atoms with E-state index in [1.54, 1.807) is 13.8 Å². The first-order valence-corrected chi connectivity index (χ1v) is 8.92. The number of hydrogen-bond donors (Lipinski definition) is 2. The second-order valence-electron chi connectivity index (χ2n) is 6.31. The van der Waals surface area contributed by atoms with Gasteiger partial charge in [-0.3, -0.25) is 29.3 Å². The van der Waals surface area contributed by atoms with Crippen LogP contribution in [-0.2, 0) is 6.54 Å². The molecule has 2 rings (SSSR count). The Labute approximate surface area is 160 Å². The molecule has 2 aromatic rings. The number of H-pyrrole nitrogens is 1. The maximum absolute atomic E-state index is 13.0. The van der Waals surface area contributed by atoms with Gasteiger partial charge in [-0.05, 0) is 26.3 Å². The molecule has 10 nitrogen and oxygen atoms in total. The minimum Gasteiger partial charge on any atom is -0.383 e. The van der Waals surface area contributed by atoms with E-state index in [1.807, 2.05) is 6.92 Å². The average Bonchev–Trinajstić information content (AvgIpc) is 2.64. The normalized spacial score (nSPS) is 10.7. The van der Waals surface area contributed by atoms with E-state index < -0.39 is 22.1 Å². The number of unbranched alkanes of at least 4 members (excludes halogenated alkanes) is 1. The van der Waals surface area contributed by atoms with E-state index in [-0.39, 0.29) is 29.3 Å². The molecule has 0 saturated carbocycles. The highest BCUT2D eigenvalue weighted by molar-refractivity contribution is 6.07. The van der Waals surface area contributed by atoms with Gasteiger partial charge in [0.1, 0.15) is 5.82 Å². The average molecular weight is 389 g/mol. The smallest absolute Gasteiger partial charge is 0.330 e. The number of aromatic nitrogens is 2. The Kier molecular flexibility index (Phi) is 6.34. The molecule has 1 heterocycles. The fourth-order valence-electron chi connectivity index (χ4n) is 2.87. The lowest BCUT2D eigenvalue weighted by Crippen LogP contribution is -2.41. The number of amides is 1. The molecule has 1 aromatic carbocycles. The van der Waals surface area contributed by atoms with E-state index in [2.05, 4.69) is 4.98 Å². The van der Waals surface area contributed by atoms with Crippen molar-refractivity contribution in [2.75, 3.05) is 17.2 Å². The lowest BCUT2D eigenvalue weighted by atomic mass is 10.1. The third-order valence-corrected chi connectivity index (χ3v) is 4.43. The van der Waals surface area contributed by atoms with Crippen LogP contribution in [-0.4, -0.2) is 26.9 Å². The Balaban J connectivity index is 2.58. The van der Waals surface area contributed by atoms with Crippen LogP contribution in [0.5, 0.6) is 0 Å². The van der Waals surface area contributed by atoms with Gasteiger partial charge < -0.3 is 10.6 Å². The van der Waals surface area contributed by atoms with Crippen molar-refractivity contribution in [3.8, 4) is 0 Å². The quantitative estimate of drug-likeness (QED) is 0.546. The van der Waals surface area contributed by atoms with E-state index >= 15 is 0 Å². The Hall–Kier alpha value is -3.43. The predicted molar refractivity (Wildman–Crippen MR) is 106 cm³/mol. The second-order valence-corrected chi connectivity index (χ2v) is 6.31. The van der Waals surface area contributed by atoms with Gasteiger partial charge in [-0.15, -0.1) is 0 Å². The number of aromatic amines is 1. The number of nitrogens with two attached hydrogens (primary N) is 1. The molecular weight excluding hydrogens is 366 g/mol. The van der Waals surface area contributed by atoms with Crippen LogP contribution in [0.4, 0.5) is 17.2 Å². The number of nitro benzene ring substituents is 1. The van der Waals surface area contributed by atoms with Crippen molar-refractivity contribution < 1.29 is 9.72 Å². The Morgan fingerprint density at radius 1 is 1.32 bits per heavy atom. The molecule has 10 heteroatoms. The van der Waals surface area contributed by atoms with Crippen LogP contribution in [0.15, 0.2) is 27.8 Å². The van der Waals surface area contributed by atoms with E-state index in [9.17, 15) is 24.5 Å². The van der Waals surface area contributed by atoms with E-state index in [4.69, 9.17) is 5.73 Å². The highest BCUT2D eigenvalue weighted by Gasteiger charge is 2.25. The molecule has 0 aliphatic carbocycles. The topological polar surface area (TPSA) is 144 Å². The van der Waals surface area contributed by atoms with Gasteiger partial charge in [0.25, 0.3) is 17.2 Å². The Bertz CT molecular complexity index is 1020. The zero-order valence-corrected chi connectivity index (χ0v) is 16.0. The summed E-state index contributed by atoms with van der Waals surface area (Å²) >= 11 is 0. The van der Waals surface area contributed by atoms with Crippen molar-refractivity contribution in [1.29, 1.82) is 0 Å². The molecule has 0 saturated heterocycles. The van der Waals surface area contributed by atoms with Gasteiger partial charge in [0.2, 0.25) is 0 Å². The number of rotatable bonds is 7. The Morgan fingerprint density at radius 3 is 2.57 bits per heavy atom. The fraction of sp³-hybridized carbons (Fsp3) is 0.389. The number of aryl methyl sites for hydroxylation is 1. The number of anilines is 2. The zero-order valence-electron chi connectivity index (χ0n) is 16.0. The van der Waals surface area contributed by atoms with Crippen LogP contribution in [0.25, 0.3) is 0 Å². The maximum atomic E-state index is 13.0. The van der Waals surface area contributed by atoms with E-state index in [0.29, 0.717) is 18.5 Å². The van der Waals surface area contributed by atoms with Gasteiger partial charge in [-0.1, -0.05) is 19.4 Å². The Morgan fingerprint density at radius 2 is 2.00 bits per heavy atom. The van der Waals surface area contributed by atoms with Crippen LogP contribution in [0, 0.1) is 17.0 Å². The molecule has 0 atom stereocenters. The number of carbonyl (C=O) groups is 1. The summed E-state index contributed by atoms with van der Waals surface area (Å²) in [6.07, 6.45) is 1.48. The lowest BCUT2D eigenvalue weighted by molar-refractivity contribution is -0.385. The summed E-state index contributed by atoms with van der Waals surface area (Å²) in [6, 6.07) is 4.08. The summed E-state index contributed by atoms with van der Waals surface area (Å²) in [7, 11) is 0. The molecule has 28 heavy (non-hydrogen) atoms. The molecule has 0 aliphatic rings. The molecule has 0 fully saturated rings. The minimum absolute atomic E-state index is 0.0456. The summed E-state index contributed by atoms with van der Waals surface area (Å²) in [5.41, 5.74) is 4.75. The SMILES string of the molecule is CCCCn1c(N)c(N(CC)C(=O)c2ccc(C)c([N+](=O)[O-])c2)c(=O)[nH]c1=O. The van der Waals surface area contributed by atoms with Gasteiger partial charge in [-0.25, -0.2) is 4.79 Å². The third kappa shape index (κ3) is 3.95. The van der Waals surface area contributed by atoms with Crippen molar-refractivity contribution in [1.82, 2.24) is 9.55 Å². The van der Waals surface area contributed by atoms with Crippen LogP contribution < -0.4 is 21.9 Å². The van der Waals surface area contributed by atoms with Crippen molar-refractivity contribution >= 4 is 23.1 Å². The summed E-state index contributed by atoms with van der Waals surface area (Å²) in [5, 5.41) is 11.2. The first kappa shape index (κ1) is 20.9. The monoisotopic (exact) mass is 389 g/mol. The van der Waals surface area contributed by atoms with Crippen molar-refractivity contribution in [2.45, 2.75) is 40.2 Å². The van der Waals surface area contributed by atoms with Crippen LogP contribution in [0.3, 0.4) is 0 Å². The summed E-state index contributed by atoms with van der Waals surface area (Å²) < 4.78 is 1.22. The zero-order chi connectivity index (χ0) is 21.0. The molecule has 0 spiro atoms. The molecule has 0 radical (unpaired) electrons. The molecule has 1 aromatic heterocycles. The molecule has 3 N–H and O–H groups in total. The minimum atomic E-state index is -0.785. The highest BCUT2D eigenvalue weighted by atomic mass is 16.6. The standard InChI is InChI=1S/C18H23N5O5/c1-4-6-9-22-15(19)14(16(24)20-18(22)26)21(5-2)17(25)12-8-7-11(3)13(10-12)23(27)28/h7-8,10H,4-6,9,19H2,1-3H3,(H,20,24,26). The van der Waals surface area contributed by atoms with E-state index in [0.717, 1.165) is 17.4 Å². The van der Waals surface area contributed by atoms with Crippen LogP contribution in [0.1, 0.15) is 42.6 Å². The predicted octanol–water partition coefficient (Wildman–Crippen LogP) is 1.80. The maximum Gasteiger partial charge on any atom is 0.330 e. The van der Waals surface area contributed by atoms with Crippen molar-refractivity contribution in [2.24, 2.45) is 0 Å². The number of nitrogens with one attached hydrogen (secondary N) is 1. The second kappa shape index (κ2) is 8.51. The van der Waals surface area contributed by atoms with E-state index in [1.165, 1.54) is 16.7 Å². The molecule has 150 valence electrons. The summed E-state index contributed by atoms with van der Waals surface area (Å²) in [6.45, 7) is 5.53. The summed E-state index contributed by atoms with van der Waals surface area (Å²) in [5.74, 6) is -0.734. The largest absolute Gasteiger partial charge is 0.383 e. The number of benzene rings is 1. The number of carbonyl (C=O) groups excluding carboxylic acids is 1. The van der Waals surface area contributed by atoms with Crippen molar-refractivity contribution in [3.05, 3.63) is 60.3 Å². The third-order valence-electron chi connectivity index (χ3n) is 4.43. The number of nitrogen functional groups attached to an aromatic ring is 1. The molecular formula is C18H23N5O5. The first-order valence-electron chi connectivity index (χ1n) is 8.92. The van der Waals surface area contributed by atoms with Crippen LogP contribution in [0.2, 0.25) is 0 Å². The van der Waals surface area contributed by atoms with Crippen LogP contribution >= 0.6 is 0 Å². The highest BCUT2D eigenvalue weighted by Crippen LogP contribution is 2.23. The van der Waals surface area contributed by atoms with Gasteiger partial charge in [0.05, 0.1) is 4.92 Å². The number of hydrogen-bond acceptors (Lipinski definition) is 6. The lowest BCUT2D eigenvalue weighted by Gasteiger charge is -2.23. The number of nitrogens with zero attached hydrogens (tertiary/aromatic N) is 3. The van der Waals surface area contributed by atoms with Gasteiger partial charge >= 0.3 is 5.69 Å².